The summed E-state index contributed by atoms with van der Waals surface area (Å²) < 4.78 is 0. The lowest BCUT2D eigenvalue weighted by molar-refractivity contribution is 0.226. The summed E-state index contributed by atoms with van der Waals surface area (Å²) in [7, 11) is 0. The van der Waals surface area contributed by atoms with Crippen LogP contribution in [0, 0.1) is 11.3 Å². The Morgan fingerprint density at radius 2 is 2.40 bits per heavy atom. The van der Waals surface area contributed by atoms with Gasteiger partial charge in [0.25, 0.3) is 0 Å². The van der Waals surface area contributed by atoms with E-state index in [1.807, 2.05) is 13.0 Å². The molecule has 0 aromatic heterocycles. The largest absolute Gasteiger partial charge is 0.336 e. The maximum absolute atomic E-state index is 10.7. The molecule has 0 radical (unpaired) electrons. The molecule has 1 rings (SSSR count). The van der Waals surface area contributed by atoms with E-state index < -0.39 is 0 Å². The van der Waals surface area contributed by atoms with E-state index in [9.17, 15) is 4.79 Å². The molecule has 0 bridgehead atoms. The molecule has 2 N–H and O–H groups in total. The van der Waals surface area contributed by atoms with Crippen molar-refractivity contribution in [2.75, 3.05) is 0 Å². The maximum atomic E-state index is 10.7. The van der Waals surface area contributed by atoms with Gasteiger partial charge in [0, 0.05) is 12.5 Å². The van der Waals surface area contributed by atoms with Crippen molar-refractivity contribution >= 4 is 6.03 Å². The molecule has 2 amide bonds. The fraction of sp³-hybridized carbons (Fsp3) is 0.667. The number of nitriles is 1. The first-order valence-corrected chi connectivity index (χ1v) is 3.19. The molecule has 10 heavy (non-hydrogen) atoms. The molecule has 0 aromatic rings. The maximum Gasteiger partial charge on any atom is 0.316 e. The lowest BCUT2D eigenvalue weighted by atomic mass is 10.1. The van der Waals surface area contributed by atoms with Crippen molar-refractivity contribution in [3.8, 4) is 6.07 Å². The lowest BCUT2D eigenvalue weighted by Gasteiger charge is -2.24. The van der Waals surface area contributed by atoms with Crippen LogP contribution < -0.4 is 10.6 Å². The highest BCUT2D eigenvalue weighted by molar-refractivity contribution is 5.75. The molecule has 2 atom stereocenters. The molecular formula is C6H9N3O. The van der Waals surface area contributed by atoms with Gasteiger partial charge in [-0.3, -0.25) is 0 Å². The lowest BCUT2D eigenvalue weighted by Crippen LogP contribution is -2.52. The van der Waals surface area contributed by atoms with Crippen LogP contribution >= 0.6 is 0 Å². The summed E-state index contributed by atoms with van der Waals surface area (Å²) in [5, 5.41) is 13.6. The van der Waals surface area contributed by atoms with Crippen LogP contribution in [0.2, 0.25) is 0 Å². The summed E-state index contributed by atoms with van der Waals surface area (Å²) in [6.45, 7) is 1.88. The Hall–Kier alpha value is -1.24. The Kier molecular flexibility index (Phi) is 1.76. The minimum Gasteiger partial charge on any atom is -0.336 e. The summed E-state index contributed by atoms with van der Waals surface area (Å²) in [6, 6.07) is 1.54. The Labute approximate surface area is 59.2 Å². The van der Waals surface area contributed by atoms with Gasteiger partial charge in [-0.15, -0.1) is 0 Å². The van der Waals surface area contributed by atoms with Gasteiger partial charge in [0.15, 0.2) is 0 Å². The molecule has 1 aliphatic heterocycles. The van der Waals surface area contributed by atoms with Gasteiger partial charge in [-0.1, -0.05) is 0 Å². The van der Waals surface area contributed by atoms with E-state index in [1.165, 1.54) is 0 Å². The second kappa shape index (κ2) is 2.56. The van der Waals surface area contributed by atoms with Gasteiger partial charge in [0.2, 0.25) is 0 Å². The molecule has 1 fully saturated rings. The third-order valence-corrected chi connectivity index (χ3v) is 1.43. The van der Waals surface area contributed by atoms with E-state index in [-0.39, 0.29) is 18.1 Å². The smallest absolute Gasteiger partial charge is 0.316 e. The second-order valence-electron chi connectivity index (χ2n) is 2.44. The first-order chi connectivity index (χ1) is 4.72. The monoisotopic (exact) mass is 139 g/mol. The first kappa shape index (κ1) is 6.87. The molecule has 1 heterocycles. The van der Waals surface area contributed by atoms with Gasteiger partial charge in [-0.05, 0) is 6.92 Å². The zero-order valence-electron chi connectivity index (χ0n) is 5.72. The number of amides is 2. The predicted octanol–water partition coefficient (Wildman–Crippen LogP) is -0.0300. The van der Waals surface area contributed by atoms with Crippen LogP contribution in [-0.2, 0) is 0 Å². The van der Waals surface area contributed by atoms with Gasteiger partial charge < -0.3 is 10.6 Å². The van der Waals surface area contributed by atoms with Gasteiger partial charge in [0.1, 0.15) is 6.04 Å². The molecule has 0 aliphatic carbocycles. The zero-order chi connectivity index (χ0) is 7.56. The minimum absolute atomic E-state index is 0.110. The van der Waals surface area contributed by atoms with E-state index in [2.05, 4.69) is 10.6 Å². The summed E-state index contributed by atoms with van der Waals surface area (Å²) in [4.78, 5) is 10.7. The van der Waals surface area contributed by atoms with Crippen LogP contribution in [0.3, 0.4) is 0 Å². The van der Waals surface area contributed by atoms with Crippen LogP contribution in [0.1, 0.15) is 13.3 Å². The van der Waals surface area contributed by atoms with Gasteiger partial charge >= 0.3 is 6.03 Å². The number of carbonyl (C=O) groups is 1. The minimum atomic E-state index is -0.316. The number of carbonyl (C=O) groups excluding carboxylic acids is 1. The van der Waals surface area contributed by atoms with Gasteiger partial charge in [-0.2, -0.15) is 5.26 Å². The van der Waals surface area contributed by atoms with E-state index in [0.29, 0.717) is 6.42 Å². The third kappa shape index (κ3) is 1.38. The molecule has 1 aliphatic rings. The van der Waals surface area contributed by atoms with Crippen molar-refractivity contribution in [3.05, 3.63) is 0 Å². The van der Waals surface area contributed by atoms with E-state index in [0.717, 1.165) is 0 Å². The number of hydrogen-bond donors (Lipinski definition) is 2. The summed E-state index contributed by atoms with van der Waals surface area (Å²) in [6.07, 6.45) is 0.683. The van der Waals surface area contributed by atoms with E-state index >= 15 is 0 Å². The normalized spacial score (nSPS) is 31.8. The summed E-state index contributed by atoms with van der Waals surface area (Å²) in [5.74, 6) is 0. The van der Waals surface area contributed by atoms with Crippen LogP contribution in [0.5, 0.6) is 0 Å². The average molecular weight is 139 g/mol. The highest BCUT2D eigenvalue weighted by Crippen LogP contribution is 2.01. The van der Waals surface area contributed by atoms with Crippen molar-refractivity contribution in [3.63, 3.8) is 0 Å². The fourth-order valence-corrected chi connectivity index (χ4v) is 0.980. The molecule has 1 saturated heterocycles. The Morgan fingerprint density at radius 3 is 2.90 bits per heavy atom. The number of nitrogens with one attached hydrogen (secondary N) is 2. The molecule has 0 aromatic carbocycles. The van der Waals surface area contributed by atoms with Gasteiger partial charge in [0.05, 0.1) is 6.07 Å². The van der Waals surface area contributed by atoms with Crippen molar-refractivity contribution in [2.45, 2.75) is 25.4 Å². The van der Waals surface area contributed by atoms with Crippen molar-refractivity contribution < 1.29 is 4.79 Å². The number of hydrogen-bond acceptors (Lipinski definition) is 2. The quantitative estimate of drug-likeness (QED) is 0.495. The van der Waals surface area contributed by atoms with E-state index in [4.69, 9.17) is 5.26 Å². The van der Waals surface area contributed by atoms with Crippen LogP contribution in [0.25, 0.3) is 0 Å². The van der Waals surface area contributed by atoms with Crippen molar-refractivity contribution in [1.29, 1.82) is 5.26 Å². The number of nitrogens with zero attached hydrogens (tertiary/aromatic N) is 1. The topological polar surface area (TPSA) is 64.9 Å². The van der Waals surface area contributed by atoms with Crippen molar-refractivity contribution in [1.82, 2.24) is 10.6 Å². The molecule has 4 heteroatoms. The highest BCUT2D eigenvalue weighted by Gasteiger charge is 2.21. The molecule has 0 spiro atoms. The second-order valence-corrected chi connectivity index (χ2v) is 2.44. The van der Waals surface area contributed by atoms with Crippen molar-refractivity contribution in [2.24, 2.45) is 0 Å². The Morgan fingerprint density at radius 1 is 1.70 bits per heavy atom. The van der Waals surface area contributed by atoms with Crippen LogP contribution in [-0.4, -0.2) is 18.1 Å². The summed E-state index contributed by atoms with van der Waals surface area (Å²) >= 11 is 0. The first-order valence-electron chi connectivity index (χ1n) is 3.19. The molecular weight excluding hydrogens is 130 g/mol. The standard InChI is InChI=1S/C6H9N3O/c1-4-2-5(3-7)9-6(10)8-4/h4-5H,2H2,1H3,(H2,8,9,10). The molecule has 2 unspecified atom stereocenters. The average Bonchev–Trinajstić information content (AvgIpc) is 1.85. The number of urea groups is 1. The zero-order valence-corrected chi connectivity index (χ0v) is 5.72. The Balaban J connectivity index is 2.52. The molecule has 0 saturated carbocycles. The molecule has 54 valence electrons. The predicted molar refractivity (Wildman–Crippen MR) is 35.1 cm³/mol. The van der Waals surface area contributed by atoms with Gasteiger partial charge in [-0.25, -0.2) is 4.79 Å². The SMILES string of the molecule is CC1CC(C#N)NC(=O)N1. The Bertz CT molecular complexity index is 184. The fourth-order valence-electron chi connectivity index (χ4n) is 0.980. The molecule has 4 nitrogen and oxygen atoms in total. The number of rotatable bonds is 0. The van der Waals surface area contributed by atoms with Crippen LogP contribution in [0.15, 0.2) is 0 Å². The van der Waals surface area contributed by atoms with Crippen LogP contribution in [0.4, 0.5) is 4.79 Å². The third-order valence-electron chi connectivity index (χ3n) is 1.43. The highest BCUT2D eigenvalue weighted by atomic mass is 16.2. The van der Waals surface area contributed by atoms with E-state index in [1.54, 1.807) is 0 Å². The summed E-state index contributed by atoms with van der Waals surface area (Å²) in [5.41, 5.74) is 0.